The van der Waals surface area contributed by atoms with Gasteiger partial charge in [0.25, 0.3) is 0 Å². The Hall–Kier alpha value is -2.24. The number of oxime groups is 1. The topological polar surface area (TPSA) is 96.9 Å². The van der Waals surface area contributed by atoms with Crippen molar-refractivity contribution in [2.75, 3.05) is 6.61 Å². The van der Waals surface area contributed by atoms with Crippen molar-refractivity contribution in [3.63, 3.8) is 0 Å². The summed E-state index contributed by atoms with van der Waals surface area (Å²) in [6.45, 7) is 4.05. The van der Waals surface area contributed by atoms with E-state index in [0.717, 1.165) is 11.3 Å². The van der Waals surface area contributed by atoms with Crippen molar-refractivity contribution in [1.82, 2.24) is 5.32 Å². The van der Waals surface area contributed by atoms with Crippen LogP contribution in [0, 0.1) is 5.41 Å². The fraction of sp³-hybridized carbons (Fsp3) is 0.467. The minimum Gasteiger partial charge on any atom is -0.493 e. The highest BCUT2D eigenvalue weighted by molar-refractivity contribution is 6.06. The Morgan fingerprint density at radius 3 is 2.95 bits per heavy atom. The largest absolute Gasteiger partial charge is 0.493 e. The lowest BCUT2D eigenvalue weighted by atomic mass is 9.84. The average molecular weight is 291 g/mol. The number of amidine groups is 1. The zero-order valence-electron chi connectivity index (χ0n) is 12.3. The SMILES string of the molecule is CCC(C)(C(=O)NC1CCOc2ccccc21)/C(N)=N/O. The smallest absolute Gasteiger partial charge is 0.234 e. The number of carbonyl (C=O) groups excluding carboxylic acids is 1. The fourth-order valence-electron chi connectivity index (χ4n) is 2.38. The summed E-state index contributed by atoms with van der Waals surface area (Å²) in [6.07, 6.45) is 1.14. The molecule has 2 rings (SSSR count). The molecule has 0 fully saturated rings. The molecule has 1 heterocycles. The van der Waals surface area contributed by atoms with Crippen molar-refractivity contribution >= 4 is 11.7 Å². The van der Waals surface area contributed by atoms with Gasteiger partial charge in [0, 0.05) is 12.0 Å². The molecule has 0 aromatic heterocycles. The Kier molecular flexibility index (Phi) is 4.35. The number of ether oxygens (including phenoxy) is 1. The summed E-state index contributed by atoms with van der Waals surface area (Å²) in [5.74, 6) is 0.459. The number of para-hydroxylation sites is 1. The summed E-state index contributed by atoms with van der Waals surface area (Å²) in [6, 6.07) is 7.51. The Morgan fingerprint density at radius 1 is 1.57 bits per heavy atom. The molecular weight excluding hydrogens is 270 g/mol. The van der Waals surface area contributed by atoms with E-state index in [2.05, 4.69) is 10.5 Å². The van der Waals surface area contributed by atoms with E-state index in [4.69, 9.17) is 15.7 Å². The van der Waals surface area contributed by atoms with Gasteiger partial charge in [0.05, 0.1) is 12.6 Å². The van der Waals surface area contributed by atoms with Crippen LogP contribution in [0.4, 0.5) is 0 Å². The molecule has 6 heteroatoms. The highest BCUT2D eigenvalue weighted by atomic mass is 16.5. The van der Waals surface area contributed by atoms with Crippen molar-refractivity contribution in [2.24, 2.45) is 16.3 Å². The van der Waals surface area contributed by atoms with Crippen LogP contribution in [-0.2, 0) is 4.79 Å². The monoisotopic (exact) mass is 291 g/mol. The maximum atomic E-state index is 12.6. The van der Waals surface area contributed by atoms with Gasteiger partial charge in [0.15, 0.2) is 5.84 Å². The van der Waals surface area contributed by atoms with Gasteiger partial charge in [-0.05, 0) is 19.4 Å². The summed E-state index contributed by atoms with van der Waals surface area (Å²) >= 11 is 0. The molecule has 21 heavy (non-hydrogen) atoms. The Balaban J connectivity index is 2.21. The quantitative estimate of drug-likeness (QED) is 0.341. The molecule has 1 aliphatic rings. The number of fused-ring (bicyclic) bond motifs is 1. The predicted molar refractivity (Wildman–Crippen MR) is 79.2 cm³/mol. The van der Waals surface area contributed by atoms with Gasteiger partial charge in [0.1, 0.15) is 11.2 Å². The number of nitrogens with one attached hydrogen (secondary N) is 1. The first kappa shape index (κ1) is 15.2. The Morgan fingerprint density at radius 2 is 2.29 bits per heavy atom. The molecular formula is C15H21N3O3. The third kappa shape index (κ3) is 2.79. The number of hydrogen-bond acceptors (Lipinski definition) is 4. The van der Waals surface area contributed by atoms with E-state index < -0.39 is 5.41 Å². The van der Waals surface area contributed by atoms with Crippen LogP contribution < -0.4 is 15.8 Å². The number of carbonyl (C=O) groups is 1. The molecule has 4 N–H and O–H groups in total. The van der Waals surface area contributed by atoms with Gasteiger partial charge >= 0.3 is 0 Å². The molecule has 0 radical (unpaired) electrons. The number of nitrogens with zero attached hydrogens (tertiary/aromatic N) is 1. The molecule has 0 saturated heterocycles. The Bertz CT molecular complexity index is 559. The summed E-state index contributed by atoms with van der Waals surface area (Å²) in [5.41, 5.74) is 5.61. The summed E-state index contributed by atoms with van der Waals surface area (Å²) < 4.78 is 5.58. The van der Waals surface area contributed by atoms with Gasteiger partial charge in [-0.15, -0.1) is 0 Å². The zero-order chi connectivity index (χ0) is 15.5. The molecule has 1 amide bonds. The van der Waals surface area contributed by atoms with Crippen LogP contribution in [-0.4, -0.2) is 23.6 Å². The number of nitrogens with two attached hydrogens (primary N) is 1. The summed E-state index contributed by atoms with van der Waals surface area (Å²) in [7, 11) is 0. The fourth-order valence-corrected chi connectivity index (χ4v) is 2.38. The van der Waals surface area contributed by atoms with E-state index in [9.17, 15) is 4.79 Å². The standard InChI is InChI=1S/C15H21N3O3/c1-3-15(2,13(16)18-20)14(19)17-11-8-9-21-12-7-5-4-6-10(11)12/h4-7,11,20H,3,8-9H2,1-2H3,(H2,16,18)(H,17,19). The van der Waals surface area contributed by atoms with Crippen LogP contribution in [0.5, 0.6) is 5.75 Å². The van der Waals surface area contributed by atoms with Crippen LogP contribution in [0.15, 0.2) is 29.4 Å². The second-order valence-electron chi connectivity index (χ2n) is 5.37. The van der Waals surface area contributed by atoms with E-state index in [1.807, 2.05) is 31.2 Å². The van der Waals surface area contributed by atoms with Crippen LogP contribution in [0.2, 0.25) is 0 Å². The molecule has 1 aromatic carbocycles. The molecule has 6 nitrogen and oxygen atoms in total. The first-order chi connectivity index (χ1) is 10.0. The molecule has 2 atom stereocenters. The van der Waals surface area contributed by atoms with Crippen molar-refractivity contribution in [1.29, 1.82) is 0 Å². The van der Waals surface area contributed by atoms with Crippen molar-refractivity contribution in [2.45, 2.75) is 32.7 Å². The maximum Gasteiger partial charge on any atom is 0.234 e. The molecule has 0 spiro atoms. The molecule has 0 bridgehead atoms. The molecule has 1 aromatic rings. The van der Waals surface area contributed by atoms with Gasteiger partial charge < -0.3 is 21.0 Å². The summed E-state index contributed by atoms with van der Waals surface area (Å²) in [5, 5.41) is 14.9. The van der Waals surface area contributed by atoms with Gasteiger partial charge in [-0.3, -0.25) is 4.79 Å². The number of benzene rings is 1. The average Bonchev–Trinajstić information content (AvgIpc) is 2.53. The number of amides is 1. The van der Waals surface area contributed by atoms with Crippen molar-refractivity contribution < 1.29 is 14.7 Å². The van der Waals surface area contributed by atoms with E-state index in [-0.39, 0.29) is 17.8 Å². The lowest BCUT2D eigenvalue weighted by Gasteiger charge is -2.31. The van der Waals surface area contributed by atoms with E-state index in [1.165, 1.54) is 0 Å². The van der Waals surface area contributed by atoms with Gasteiger partial charge in [0.2, 0.25) is 5.91 Å². The molecule has 2 unspecified atom stereocenters. The second-order valence-corrected chi connectivity index (χ2v) is 5.37. The minimum atomic E-state index is -1.03. The third-order valence-corrected chi connectivity index (χ3v) is 4.15. The van der Waals surface area contributed by atoms with Crippen molar-refractivity contribution in [3.8, 4) is 5.75 Å². The minimum absolute atomic E-state index is 0.0807. The first-order valence-corrected chi connectivity index (χ1v) is 7.03. The first-order valence-electron chi connectivity index (χ1n) is 7.03. The number of rotatable bonds is 4. The van der Waals surface area contributed by atoms with Gasteiger partial charge in [-0.1, -0.05) is 30.3 Å². The lowest BCUT2D eigenvalue weighted by Crippen LogP contribution is -2.49. The third-order valence-electron chi connectivity index (χ3n) is 4.15. The van der Waals surface area contributed by atoms with Crippen LogP contribution in [0.25, 0.3) is 0 Å². The van der Waals surface area contributed by atoms with Crippen LogP contribution >= 0.6 is 0 Å². The highest BCUT2D eigenvalue weighted by Crippen LogP contribution is 2.33. The molecule has 0 saturated carbocycles. The van der Waals surface area contributed by atoms with Crippen molar-refractivity contribution in [3.05, 3.63) is 29.8 Å². The number of hydrogen-bond donors (Lipinski definition) is 3. The molecule has 114 valence electrons. The lowest BCUT2D eigenvalue weighted by molar-refractivity contribution is -0.128. The Labute approximate surface area is 124 Å². The van der Waals surface area contributed by atoms with E-state index in [1.54, 1.807) is 6.92 Å². The van der Waals surface area contributed by atoms with Gasteiger partial charge in [-0.25, -0.2) is 0 Å². The summed E-state index contributed by atoms with van der Waals surface area (Å²) in [4.78, 5) is 12.6. The van der Waals surface area contributed by atoms with E-state index >= 15 is 0 Å². The van der Waals surface area contributed by atoms with Gasteiger partial charge in [-0.2, -0.15) is 0 Å². The molecule has 1 aliphatic heterocycles. The molecule has 0 aliphatic carbocycles. The predicted octanol–water partition coefficient (Wildman–Crippen LogP) is 1.79. The van der Waals surface area contributed by atoms with E-state index in [0.29, 0.717) is 19.4 Å². The highest BCUT2D eigenvalue weighted by Gasteiger charge is 2.38. The van der Waals surface area contributed by atoms with Crippen LogP contribution in [0.3, 0.4) is 0 Å². The van der Waals surface area contributed by atoms with Crippen LogP contribution in [0.1, 0.15) is 38.3 Å². The maximum absolute atomic E-state index is 12.6. The normalized spacial score (nSPS) is 20.9. The zero-order valence-corrected chi connectivity index (χ0v) is 12.3. The second kappa shape index (κ2) is 6.03.